The number of carbonyl (C=O) groups excluding carboxylic acids is 1. The molecule has 0 radical (unpaired) electrons. The summed E-state index contributed by atoms with van der Waals surface area (Å²) in [5.41, 5.74) is -0.974. The summed E-state index contributed by atoms with van der Waals surface area (Å²) >= 11 is 0. The Bertz CT molecular complexity index is 436. The van der Waals surface area contributed by atoms with E-state index in [2.05, 4.69) is 10.4 Å². The largest absolute Gasteiger partial charge is 0.435 e. The lowest BCUT2D eigenvalue weighted by Gasteiger charge is -2.22. The highest BCUT2D eigenvalue weighted by Crippen LogP contribution is 2.27. The minimum absolute atomic E-state index is 0.152. The van der Waals surface area contributed by atoms with Gasteiger partial charge in [0.15, 0.2) is 5.69 Å². The number of hydrogen-bond acceptors (Lipinski definition) is 2. The normalized spacial score (nSPS) is 17.4. The maximum absolute atomic E-state index is 12.3. The van der Waals surface area contributed by atoms with Gasteiger partial charge in [0, 0.05) is 12.2 Å². The summed E-state index contributed by atoms with van der Waals surface area (Å²) in [5.74, 6) is -0.288. The molecule has 0 aliphatic heterocycles. The number of amides is 1. The maximum Gasteiger partial charge on any atom is 0.435 e. The summed E-state index contributed by atoms with van der Waals surface area (Å²) < 4.78 is 38.0. The minimum Gasteiger partial charge on any atom is -0.352 e. The van der Waals surface area contributed by atoms with E-state index in [4.69, 9.17) is 0 Å². The first-order chi connectivity index (χ1) is 8.95. The van der Waals surface area contributed by atoms with Gasteiger partial charge in [-0.3, -0.25) is 9.48 Å². The minimum atomic E-state index is -4.47. The van der Waals surface area contributed by atoms with Crippen LogP contribution < -0.4 is 5.32 Å². The molecule has 0 aromatic carbocycles. The first-order valence-corrected chi connectivity index (χ1v) is 6.35. The first-order valence-electron chi connectivity index (χ1n) is 6.35. The van der Waals surface area contributed by atoms with E-state index < -0.39 is 11.9 Å². The van der Waals surface area contributed by atoms with Gasteiger partial charge in [0.1, 0.15) is 6.54 Å². The highest BCUT2D eigenvalue weighted by Gasteiger charge is 2.33. The van der Waals surface area contributed by atoms with E-state index in [0.29, 0.717) is 0 Å². The molecule has 7 heteroatoms. The van der Waals surface area contributed by atoms with E-state index in [1.807, 2.05) is 0 Å². The molecule has 0 bridgehead atoms. The molecule has 1 aliphatic carbocycles. The van der Waals surface area contributed by atoms with Gasteiger partial charge in [-0.25, -0.2) is 0 Å². The van der Waals surface area contributed by atoms with Gasteiger partial charge in [0.2, 0.25) is 5.91 Å². The molecular formula is C12H16F3N3O. The molecule has 0 atom stereocenters. The number of aromatic nitrogens is 2. The van der Waals surface area contributed by atoms with Crippen molar-refractivity contribution >= 4 is 5.91 Å². The molecule has 106 valence electrons. The second-order valence-electron chi connectivity index (χ2n) is 4.80. The molecule has 19 heavy (non-hydrogen) atoms. The Labute approximate surface area is 109 Å². The van der Waals surface area contributed by atoms with Crippen molar-refractivity contribution in [2.24, 2.45) is 0 Å². The number of halogens is 3. The molecular weight excluding hydrogens is 259 g/mol. The predicted molar refractivity (Wildman–Crippen MR) is 62.2 cm³/mol. The van der Waals surface area contributed by atoms with Crippen LogP contribution in [0.2, 0.25) is 0 Å². The van der Waals surface area contributed by atoms with E-state index in [0.717, 1.165) is 36.4 Å². The lowest BCUT2D eigenvalue weighted by Crippen LogP contribution is -2.38. The van der Waals surface area contributed by atoms with Crippen LogP contribution in [0.5, 0.6) is 0 Å². The van der Waals surface area contributed by atoms with Crippen molar-refractivity contribution in [1.82, 2.24) is 15.1 Å². The van der Waals surface area contributed by atoms with Crippen molar-refractivity contribution in [3.63, 3.8) is 0 Å². The zero-order chi connectivity index (χ0) is 13.9. The number of nitrogens with one attached hydrogen (secondary N) is 1. The van der Waals surface area contributed by atoms with Crippen LogP contribution in [-0.4, -0.2) is 21.7 Å². The fraction of sp³-hybridized carbons (Fsp3) is 0.667. The molecule has 4 nitrogen and oxygen atoms in total. The van der Waals surface area contributed by atoms with Gasteiger partial charge in [-0.1, -0.05) is 19.3 Å². The van der Waals surface area contributed by atoms with Crippen molar-refractivity contribution in [3.05, 3.63) is 18.0 Å². The van der Waals surface area contributed by atoms with Gasteiger partial charge in [-0.2, -0.15) is 18.3 Å². The van der Waals surface area contributed by atoms with Gasteiger partial charge in [-0.15, -0.1) is 0 Å². The number of alkyl halides is 3. The average molecular weight is 275 g/mol. The van der Waals surface area contributed by atoms with Crippen LogP contribution in [0.15, 0.2) is 12.3 Å². The molecule has 0 saturated heterocycles. The van der Waals surface area contributed by atoms with Gasteiger partial charge >= 0.3 is 6.18 Å². The van der Waals surface area contributed by atoms with E-state index in [9.17, 15) is 18.0 Å². The number of carbonyl (C=O) groups is 1. The molecule has 0 spiro atoms. The van der Waals surface area contributed by atoms with Crippen molar-refractivity contribution in [3.8, 4) is 0 Å². The van der Waals surface area contributed by atoms with Crippen LogP contribution >= 0.6 is 0 Å². The molecule has 1 fully saturated rings. The molecule has 1 aromatic heterocycles. The fourth-order valence-corrected chi connectivity index (χ4v) is 2.27. The summed E-state index contributed by atoms with van der Waals surface area (Å²) in [6.07, 6.45) is 1.95. The Morgan fingerprint density at radius 3 is 2.63 bits per heavy atom. The van der Waals surface area contributed by atoms with Gasteiger partial charge in [0.05, 0.1) is 0 Å². The molecule has 1 aliphatic rings. The van der Waals surface area contributed by atoms with Gasteiger partial charge < -0.3 is 5.32 Å². The SMILES string of the molecule is O=C(Cn1ccc(C(F)(F)F)n1)NC1CCCCC1. The lowest BCUT2D eigenvalue weighted by atomic mass is 9.95. The van der Waals surface area contributed by atoms with Crippen molar-refractivity contribution in [2.45, 2.75) is 50.9 Å². The number of nitrogens with zero attached hydrogens (tertiary/aromatic N) is 2. The van der Waals surface area contributed by atoms with E-state index in [-0.39, 0.29) is 18.5 Å². The third-order valence-corrected chi connectivity index (χ3v) is 3.21. The molecule has 1 heterocycles. The molecule has 0 unspecified atom stereocenters. The average Bonchev–Trinajstić information content (AvgIpc) is 2.78. The van der Waals surface area contributed by atoms with Crippen LogP contribution in [0.4, 0.5) is 13.2 Å². The Hall–Kier alpha value is -1.53. The lowest BCUT2D eigenvalue weighted by molar-refractivity contribution is -0.141. The van der Waals surface area contributed by atoms with Crippen LogP contribution in [0, 0.1) is 0 Å². The Morgan fingerprint density at radius 2 is 2.05 bits per heavy atom. The summed E-state index contributed by atoms with van der Waals surface area (Å²) in [4.78, 5) is 11.7. The number of hydrogen-bond donors (Lipinski definition) is 1. The van der Waals surface area contributed by atoms with Crippen LogP contribution in [0.3, 0.4) is 0 Å². The Balaban J connectivity index is 1.86. The highest BCUT2D eigenvalue weighted by atomic mass is 19.4. The Kier molecular flexibility index (Phi) is 4.11. The molecule has 1 aromatic rings. The quantitative estimate of drug-likeness (QED) is 0.920. The van der Waals surface area contributed by atoms with E-state index in [1.54, 1.807) is 0 Å². The standard InChI is InChI=1S/C12H16F3N3O/c13-12(14,15)10-6-7-18(17-10)8-11(19)16-9-4-2-1-3-5-9/h6-7,9H,1-5,8H2,(H,16,19). The number of rotatable bonds is 3. The second-order valence-corrected chi connectivity index (χ2v) is 4.80. The summed E-state index contributed by atoms with van der Waals surface area (Å²) in [6, 6.07) is 1.02. The molecule has 2 rings (SSSR count). The third-order valence-electron chi connectivity index (χ3n) is 3.21. The zero-order valence-electron chi connectivity index (χ0n) is 10.4. The molecule has 1 saturated carbocycles. The van der Waals surface area contributed by atoms with Crippen LogP contribution in [0.25, 0.3) is 0 Å². The predicted octanol–water partition coefficient (Wildman–Crippen LogP) is 2.35. The van der Waals surface area contributed by atoms with E-state index >= 15 is 0 Å². The topological polar surface area (TPSA) is 46.9 Å². The van der Waals surface area contributed by atoms with Gasteiger partial charge in [0.25, 0.3) is 0 Å². The van der Waals surface area contributed by atoms with E-state index in [1.165, 1.54) is 12.6 Å². The zero-order valence-corrected chi connectivity index (χ0v) is 10.4. The summed E-state index contributed by atoms with van der Waals surface area (Å²) in [6.45, 7) is -0.174. The second kappa shape index (κ2) is 5.63. The van der Waals surface area contributed by atoms with Crippen LogP contribution in [-0.2, 0) is 17.5 Å². The maximum atomic E-state index is 12.3. The Morgan fingerprint density at radius 1 is 1.37 bits per heavy atom. The summed E-state index contributed by atoms with van der Waals surface area (Å²) in [7, 11) is 0. The highest BCUT2D eigenvalue weighted by molar-refractivity contribution is 5.75. The van der Waals surface area contributed by atoms with Crippen molar-refractivity contribution < 1.29 is 18.0 Å². The molecule has 1 N–H and O–H groups in total. The van der Waals surface area contributed by atoms with Crippen molar-refractivity contribution in [1.29, 1.82) is 0 Å². The smallest absolute Gasteiger partial charge is 0.352 e. The fourth-order valence-electron chi connectivity index (χ4n) is 2.27. The van der Waals surface area contributed by atoms with Gasteiger partial charge in [-0.05, 0) is 18.9 Å². The monoisotopic (exact) mass is 275 g/mol. The molecule has 1 amide bonds. The van der Waals surface area contributed by atoms with Crippen molar-refractivity contribution in [2.75, 3.05) is 0 Å². The summed E-state index contributed by atoms with van der Waals surface area (Å²) in [5, 5.41) is 6.18. The van der Waals surface area contributed by atoms with Crippen LogP contribution in [0.1, 0.15) is 37.8 Å². The third kappa shape index (κ3) is 3.97. The first kappa shape index (κ1) is 13.9.